The summed E-state index contributed by atoms with van der Waals surface area (Å²) in [5.41, 5.74) is 2.68. The number of aromatic carboxylic acids is 1. The van der Waals surface area contributed by atoms with E-state index in [-0.39, 0.29) is 29.2 Å². The van der Waals surface area contributed by atoms with Gasteiger partial charge in [-0.25, -0.2) is 17.6 Å². The maximum atomic E-state index is 17.5. The molecule has 8 nitrogen and oxygen atoms in total. The van der Waals surface area contributed by atoms with Gasteiger partial charge in [0.1, 0.15) is 0 Å². The van der Waals surface area contributed by atoms with Gasteiger partial charge in [-0.15, -0.1) is 10.2 Å². The van der Waals surface area contributed by atoms with Crippen LogP contribution in [0, 0.1) is 5.92 Å². The normalized spacial score (nSPS) is 16.7. The molecule has 2 N–H and O–H groups in total. The molecule has 2 heterocycles. The minimum absolute atomic E-state index is 0.0370. The van der Waals surface area contributed by atoms with Gasteiger partial charge < -0.3 is 14.5 Å². The number of carboxylic acids is 1. The second-order valence-electron chi connectivity index (χ2n) is 9.28. The summed E-state index contributed by atoms with van der Waals surface area (Å²) in [6, 6.07) is 16.7. The highest BCUT2D eigenvalue weighted by atomic mass is 79.9. The van der Waals surface area contributed by atoms with Crippen molar-refractivity contribution in [3.05, 3.63) is 98.9 Å². The van der Waals surface area contributed by atoms with E-state index in [1.54, 1.807) is 18.2 Å². The zero-order valence-electron chi connectivity index (χ0n) is 19.9. The minimum Gasteiger partial charge on any atom is -0.478 e. The Morgan fingerprint density at radius 1 is 1.10 bits per heavy atom. The highest BCUT2D eigenvalue weighted by Gasteiger charge is 2.59. The molecular weight excluding hydrogens is 613 g/mol. The second kappa shape index (κ2) is 9.29. The maximum Gasteiger partial charge on any atom is 0.335 e. The van der Waals surface area contributed by atoms with Crippen molar-refractivity contribution < 1.29 is 27.1 Å². The van der Waals surface area contributed by atoms with Gasteiger partial charge in [0.2, 0.25) is 15.7 Å². The predicted octanol–water partition coefficient (Wildman–Crippen LogP) is 6.34. The van der Waals surface area contributed by atoms with E-state index in [0.29, 0.717) is 20.8 Å². The van der Waals surface area contributed by atoms with E-state index in [2.05, 4.69) is 31.1 Å². The molecule has 0 radical (unpaired) electrons. The number of carbonyl (C=O) groups is 1. The number of halogens is 3. The number of fused-ring (bicyclic) bond motifs is 3. The molecule has 0 fully saturated rings. The summed E-state index contributed by atoms with van der Waals surface area (Å²) in [4.78, 5) is 14.2. The van der Waals surface area contributed by atoms with E-state index < -0.39 is 32.6 Å². The van der Waals surface area contributed by atoms with Crippen LogP contribution in [0.4, 0.5) is 4.39 Å². The average Bonchev–Trinajstić information content (AvgIpc) is 3.64. The van der Waals surface area contributed by atoms with E-state index in [4.69, 9.17) is 21.1 Å². The molecule has 0 unspecified atom stereocenters. The third kappa shape index (κ3) is 4.16. The second-order valence-corrected chi connectivity index (χ2v) is 12.7. The summed E-state index contributed by atoms with van der Waals surface area (Å²) < 4.78 is 51.8. The third-order valence-electron chi connectivity index (χ3n) is 6.98. The molecule has 2 atom stereocenters. The zero-order valence-corrected chi connectivity index (χ0v) is 23.0. The first-order chi connectivity index (χ1) is 18.6. The topological polar surface area (TPSA) is 126 Å². The average molecular weight is 631 g/mol. The number of alkyl halides is 1. The minimum atomic E-state index is -4.71. The van der Waals surface area contributed by atoms with Crippen LogP contribution >= 0.6 is 27.5 Å². The lowest BCUT2D eigenvalue weighted by atomic mass is 9.98. The number of hydrogen-bond donors (Lipinski definition) is 2. The number of aromatic amines is 1. The molecule has 198 valence electrons. The number of nitrogens with zero attached hydrogens (tertiary/aromatic N) is 2. The van der Waals surface area contributed by atoms with Crippen molar-refractivity contribution in [3.63, 3.8) is 0 Å². The van der Waals surface area contributed by atoms with E-state index in [1.165, 1.54) is 42.5 Å². The molecule has 0 aliphatic heterocycles. The summed E-state index contributed by atoms with van der Waals surface area (Å²) in [5.74, 6) is -3.04. The van der Waals surface area contributed by atoms with Crippen LogP contribution in [0.2, 0.25) is 5.02 Å². The van der Waals surface area contributed by atoms with Gasteiger partial charge in [-0.3, -0.25) is 0 Å². The van der Waals surface area contributed by atoms with Gasteiger partial charge >= 0.3 is 5.97 Å². The standard InChI is InChI=1S/C27H18BrClFN3O5S/c28-17-2-1-3-19(12-17)39(36,37)27(30,16-10-20-21-13-18(29)8-9-22(21)31-23(20)11-16)26-33-32-24(38-26)14-4-6-15(7-5-14)25(34)35/h1-9,12-13,16,31H,10-11H2,(H,34,35)/t16-,27+/m1/s1. The number of aromatic nitrogens is 3. The van der Waals surface area contributed by atoms with Crippen molar-refractivity contribution >= 4 is 54.2 Å². The number of carboxylic acid groups (broad SMARTS) is 1. The summed E-state index contributed by atoms with van der Waals surface area (Å²) in [6.45, 7) is 0. The van der Waals surface area contributed by atoms with Crippen molar-refractivity contribution in [1.82, 2.24) is 15.2 Å². The van der Waals surface area contributed by atoms with E-state index in [9.17, 15) is 13.2 Å². The first-order valence-electron chi connectivity index (χ1n) is 11.7. The van der Waals surface area contributed by atoms with Gasteiger partial charge in [0.25, 0.3) is 10.9 Å². The molecule has 2 aromatic heterocycles. The number of hydrogen-bond acceptors (Lipinski definition) is 6. The van der Waals surface area contributed by atoms with Crippen LogP contribution in [0.25, 0.3) is 22.4 Å². The van der Waals surface area contributed by atoms with Crippen LogP contribution in [0.15, 0.2) is 80.5 Å². The maximum absolute atomic E-state index is 17.5. The largest absolute Gasteiger partial charge is 0.478 e. The van der Waals surface area contributed by atoms with Crippen LogP contribution in [0.3, 0.4) is 0 Å². The van der Waals surface area contributed by atoms with Crippen molar-refractivity contribution in [1.29, 1.82) is 0 Å². The smallest absolute Gasteiger partial charge is 0.335 e. The number of H-pyrrole nitrogens is 1. The number of sulfone groups is 1. The molecule has 0 saturated heterocycles. The number of benzene rings is 3. The van der Waals surface area contributed by atoms with Crippen molar-refractivity contribution in [3.8, 4) is 11.5 Å². The first kappa shape index (κ1) is 25.7. The third-order valence-corrected chi connectivity index (χ3v) is 9.87. The van der Waals surface area contributed by atoms with Crippen molar-refractivity contribution in [2.24, 2.45) is 5.92 Å². The molecule has 6 rings (SSSR count). The Morgan fingerprint density at radius 2 is 1.87 bits per heavy atom. The summed E-state index contributed by atoms with van der Waals surface area (Å²) in [7, 11) is -4.71. The fourth-order valence-corrected chi connectivity index (χ4v) is 7.58. The van der Waals surface area contributed by atoms with Gasteiger partial charge in [-0.05, 0) is 79.1 Å². The molecule has 1 aliphatic rings. The van der Waals surface area contributed by atoms with Gasteiger partial charge in [-0.1, -0.05) is 33.6 Å². The first-order valence-corrected chi connectivity index (χ1v) is 14.4. The molecule has 0 amide bonds. The molecule has 5 aromatic rings. The molecule has 0 saturated carbocycles. The fourth-order valence-electron chi connectivity index (χ4n) is 5.06. The molecular formula is C27H18BrClFN3O5S. The lowest BCUT2D eigenvalue weighted by molar-refractivity contribution is 0.0697. The van der Waals surface area contributed by atoms with Crippen LogP contribution in [0.1, 0.15) is 27.5 Å². The quantitative estimate of drug-likeness (QED) is 0.224. The Labute approximate surface area is 234 Å². The SMILES string of the molecule is O=C(O)c1ccc(-c2nnc([C@](F)([C@H]3Cc4[nH]c5ccc(Cl)cc5c4C3)S(=O)(=O)c3cccc(Br)c3)o2)cc1. The molecule has 0 spiro atoms. The van der Waals surface area contributed by atoms with Crippen LogP contribution in [0.5, 0.6) is 0 Å². The molecule has 3 aromatic carbocycles. The molecule has 1 aliphatic carbocycles. The Kier molecular flexibility index (Phi) is 6.12. The molecule has 12 heteroatoms. The lowest BCUT2D eigenvalue weighted by Crippen LogP contribution is -2.40. The number of rotatable bonds is 6. The summed E-state index contributed by atoms with van der Waals surface area (Å²) >= 11 is 9.47. The van der Waals surface area contributed by atoms with E-state index in [1.807, 2.05) is 6.07 Å². The van der Waals surface area contributed by atoms with Crippen molar-refractivity contribution in [2.75, 3.05) is 0 Å². The Hall–Kier alpha value is -3.54. The predicted molar refractivity (Wildman–Crippen MR) is 145 cm³/mol. The highest BCUT2D eigenvalue weighted by molar-refractivity contribution is 9.10. The Bertz CT molecular complexity index is 1870. The lowest BCUT2D eigenvalue weighted by Gasteiger charge is -2.28. The van der Waals surface area contributed by atoms with Crippen molar-refractivity contribution in [2.45, 2.75) is 22.7 Å². The van der Waals surface area contributed by atoms with E-state index in [0.717, 1.165) is 16.5 Å². The van der Waals surface area contributed by atoms with Gasteiger partial charge in [0, 0.05) is 37.6 Å². The van der Waals surface area contributed by atoms with Crippen LogP contribution in [-0.4, -0.2) is 34.7 Å². The Morgan fingerprint density at radius 3 is 2.59 bits per heavy atom. The Balaban J connectivity index is 1.47. The number of nitrogens with one attached hydrogen (secondary N) is 1. The molecule has 0 bridgehead atoms. The van der Waals surface area contributed by atoms with E-state index >= 15 is 4.39 Å². The van der Waals surface area contributed by atoms with Gasteiger partial charge in [0.15, 0.2) is 0 Å². The van der Waals surface area contributed by atoms with Gasteiger partial charge in [-0.2, -0.15) is 0 Å². The fraction of sp³-hybridized carbons (Fsp3) is 0.148. The van der Waals surface area contributed by atoms with Crippen LogP contribution in [-0.2, 0) is 27.7 Å². The summed E-state index contributed by atoms with van der Waals surface area (Å²) in [6.07, 6.45) is 0.167. The summed E-state index contributed by atoms with van der Waals surface area (Å²) in [5, 5.41) is 15.2. The van der Waals surface area contributed by atoms with Crippen LogP contribution < -0.4 is 0 Å². The monoisotopic (exact) mass is 629 g/mol. The highest BCUT2D eigenvalue weighted by Crippen LogP contribution is 2.50. The zero-order chi connectivity index (χ0) is 27.5. The van der Waals surface area contributed by atoms with Gasteiger partial charge in [0.05, 0.1) is 10.5 Å². The molecule has 39 heavy (non-hydrogen) atoms.